The van der Waals surface area contributed by atoms with E-state index in [1.54, 1.807) is 24.3 Å². The van der Waals surface area contributed by atoms with Crippen molar-refractivity contribution in [2.75, 3.05) is 31.6 Å². The minimum atomic E-state index is -4.06. The number of allylic oxidation sites excluding steroid dienone is 3. The summed E-state index contributed by atoms with van der Waals surface area (Å²) in [6.07, 6.45) is 7.14. The third-order valence-electron chi connectivity index (χ3n) is 4.86. The number of nitrogens with zero attached hydrogens (tertiary/aromatic N) is 2. The predicted molar refractivity (Wildman–Crippen MR) is 108 cm³/mol. The summed E-state index contributed by atoms with van der Waals surface area (Å²) in [4.78, 5) is 26.0. The second-order valence-corrected chi connectivity index (χ2v) is 8.54. The number of imide groups is 1. The van der Waals surface area contributed by atoms with E-state index in [1.165, 1.54) is 26.4 Å². The van der Waals surface area contributed by atoms with Gasteiger partial charge in [0.25, 0.3) is 10.0 Å². The number of ether oxygens (including phenoxy) is 2. The first-order valence-electron chi connectivity index (χ1n) is 9.33. The number of likely N-dealkylation sites (tertiary alicyclic amines) is 1. The average molecular weight is 420 g/mol. The van der Waals surface area contributed by atoms with E-state index in [0.717, 1.165) is 15.6 Å². The SMILES string of the molecule is COc1ccc(OC)c(N(CC(=O)N2CCCC2=O)S(=O)(=O)C2=CCCC=C2)c1. The quantitative estimate of drug-likeness (QED) is 0.672. The molecule has 0 bridgehead atoms. The molecule has 2 amide bonds. The lowest BCUT2D eigenvalue weighted by Gasteiger charge is -2.28. The monoisotopic (exact) mass is 420 g/mol. The van der Waals surface area contributed by atoms with Gasteiger partial charge in [-0.1, -0.05) is 12.2 Å². The van der Waals surface area contributed by atoms with Gasteiger partial charge in [0.2, 0.25) is 11.8 Å². The van der Waals surface area contributed by atoms with Crippen LogP contribution in [-0.2, 0) is 19.6 Å². The van der Waals surface area contributed by atoms with E-state index in [4.69, 9.17) is 9.47 Å². The first kappa shape index (κ1) is 20.9. The molecule has 1 saturated heterocycles. The Balaban J connectivity index is 2.07. The van der Waals surface area contributed by atoms with Crippen molar-refractivity contribution in [3.8, 4) is 11.5 Å². The summed E-state index contributed by atoms with van der Waals surface area (Å²) in [5.74, 6) is -0.169. The van der Waals surface area contributed by atoms with Gasteiger partial charge in [0.05, 0.1) is 24.8 Å². The average Bonchev–Trinajstić information content (AvgIpc) is 3.18. The van der Waals surface area contributed by atoms with Crippen molar-refractivity contribution < 1.29 is 27.5 Å². The zero-order valence-electron chi connectivity index (χ0n) is 16.5. The number of anilines is 1. The molecule has 0 atom stereocenters. The lowest BCUT2D eigenvalue weighted by atomic mass is 10.2. The third kappa shape index (κ3) is 4.29. The molecule has 3 rings (SSSR count). The van der Waals surface area contributed by atoms with Gasteiger partial charge in [0.1, 0.15) is 18.0 Å². The first-order valence-corrected chi connectivity index (χ1v) is 10.8. The van der Waals surface area contributed by atoms with E-state index < -0.39 is 22.5 Å². The van der Waals surface area contributed by atoms with Crippen LogP contribution in [0, 0.1) is 0 Å². The van der Waals surface area contributed by atoms with Crippen molar-refractivity contribution in [2.45, 2.75) is 25.7 Å². The van der Waals surface area contributed by atoms with Crippen molar-refractivity contribution in [1.82, 2.24) is 4.90 Å². The summed E-state index contributed by atoms with van der Waals surface area (Å²) in [6, 6.07) is 4.72. The molecule has 0 spiro atoms. The van der Waals surface area contributed by atoms with Gasteiger partial charge in [0.15, 0.2) is 0 Å². The Bertz CT molecular complexity index is 967. The fourth-order valence-corrected chi connectivity index (χ4v) is 4.85. The largest absolute Gasteiger partial charge is 0.497 e. The van der Waals surface area contributed by atoms with Gasteiger partial charge in [-0.05, 0) is 37.5 Å². The molecule has 2 aliphatic rings. The van der Waals surface area contributed by atoms with Crippen molar-refractivity contribution in [3.05, 3.63) is 41.3 Å². The number of amides is 2. The van der Waals surface area contributed by atoms with Gasteiger partial charge < -0.3 is 9.47 Å². The van der Waals surface area contributed by atoms with Crippen LogP contribution in [0.25, 0.3) is 0 Å². The minimum absolute atomic E-state index is 0.106. The first-order chi connectivity index (χ1) is 13.9. The Morgan fingerprint density at radius 1 is 1.21 bits per heavy atom. The molecule has 1 aliphatic heterocycles. The maximum absolute atomic E-state index is 13.4. The number of carbonyl (C=O) groups excluding carboxylic acids is 2. The summed E-state index contributed by atoms with van der Waals surface area (Å²) in [5, 5.41) is 0. The number of benzene rings is 1. The van der Waals surface area contributed by atoms with Crippen molar-refractivity contribution in [2.24, 2.45) is 0 Å². The molecule has 29 heavy (non-hydrogen) atoms. The number of hydrogen-bond donors (Lipinski definition) is 0. The highest BCUT2D eigenvalue weighted by Gasteiger charge is 2.34. The summed E-state index contributed by atoms with van der Waals surface area (Å²) in [5.41, 5.74) is 0.173. The molecule has 0 radical (unpaired) electrons. The van der Waals surface area contributed by atoms with Crippen LogP contribution in [0.5, 0.6) is 11.5 Å². The maximum atomic E-state index is 13.4. The summed E-state index contributed by atoms with van der Waals surface area (Å²) in [6.45, 7) is -0.216. The molecule has 1 aromatic rings. The van der Waals surface area contributed by atoms with Crippen LogP contribution in [0.15, 0.2) is 41.3 Å². The highest BCUT2D eigenvalue weighted by atomic mass is 32.2. The summed E-state index contributed by atoms with van der Waals surface area (Å²) >= 11 is 0. The smallest absolute Gasteiger partial charge is 0.264 e. The standard InChI is InChI=1S/C20H24N2O6S/c1-27-15-10-11-18(28-2)17(13-15)22(14-20(24)21-12-6-9-19(21)23)29(25,26)16-7-4-3-5-8-16/h4,7-8,10-11,13H,3,5-6,9,12,14H2,1-2H3. The molecule has 0 N–H and O–H groups in total. The van der Waals surface area contributed by atoms with Crippen molar-refractivity contribution in [1.29, 1.82) is 0 Å². The van der Waals surface area contributed by atoms with Crippen LogP contribution in [0.2, 0.25) is 0 Å². The van der Waals surface area contributed by atoms with Crippen molar-refractivity contribution >= 4 is 27.5 Å². The second-order valence-electron chi connectivity index (χ2n) is 6.68. The molecular formula is C20H24N2O6S. The van der Waals surface area contributed by atoms with Gasteiger partial charge in [-0.25, -0.2) is 8.42 Å². The highest BCUT2D eigenvalue weighted by Crippen LogP contribution is 2.36. The summed E-state index contributed by atoms with van der Waals surface area (Å²) < 4.78 is 38.4. The number of hydrogen-bond acceptors (Lipinski definition) is 6. The fourth-order valence-electron chi connectivity index (χ4n) is 3.32. The molecule has 1 heterocycles. The molecule has 1 aromatic carbocycles. The number of methoxy groups -OCH3 is 2. The third-order valence-corrected chi connectivity index (χ3v) is 6.66. The maximum Gasteiger partial charge on any atom is 0.264 e. The number of sulfonamides is 1. The molecule has 0 aromatic heterocycles. The number of carbonyl (C=O) groups is 2. The van der Waals surface area contributed by atoms with E-state index in [-0.39, 0.29) is 28.7 Å². The molecule has 0 unspecified atom stereocenters. The van der Waals surface area contributed by atoms with Crippen LogP contribution >= 0.6 is 0 Å². The zero-order valence-corrected chi connectivity index (χ0v) is 17.3. The highest BCUT2D eigenvalue weighted by molar-refractivity contribution is 7.96. The molecule has 0 saturated carbocycles. The molecule has 8 nitrogen and oxygen atoms in total. The van der Waals surface area contributed by atoms with Crippen LogP contribution in [0.3, 0.4) is 0 Å². The van der Waals surface area contributed by atoms with E-state index in [9.17, 15) is 18.0 Å². The second kappa shape index (κ2) is 8.69. The van der Waals surface area contributed by atoms with Gasteiger partial charge >= 0.3 is 0 Å². The number of rotatable bonds is 7. The Morgan fingerprint density at radius 2 is 2.00 bits per heavy atom. The van der Waals surface area contributed by atoms with Gasteiger partial charge in [-0.3, -0.25) is 18.8 Å². The topological polar surface area (TPSA) is 93.2 Å². The van der Waals surface area contributed by atoms with E-state index in [2.05, 4.69) is 0 Å². The van der Waals surface area contributed by atoms with Crippen LogP contribution in [0.4, 0.5) is 5.69 Å². The van der Waals surface area contributed by atoms with E-state index in [0.29, 0.717) is 25.1 Å². The Labute approximate surface area is 170 Å². The zero-order chi connectivity index (χ0) is 21.0. The van der Waals surface area contributed by atoms with Gasteiger partial charge in [-0.2, -0.15) is 0 Å². The van der Waals surface area contributed by atoms with Gasteiger partial charge in [0, 0.05) is 19.0 Å². The molecule has 156 valence electrons. The lowest BCUT2D eigenvalue weighted by Crippen LogP contribution is -2.44. The van der Waals surface area contributed by atoms with Crippen LogP contribution < -0.4 is 13.8 Å². The fraction of sp³-hybridized carbons (Fsp3) is 0.400. The Hall–Kier alpha value is -2.81. The molecular weight excluding hydrogens is 396 g/mol. The predicted octanol–water partition coefficient (Wildman–Crippen LogP) is 2.22. The van der Waals surface area contributed by atoms with E-state index >= 15 is 0 Å². The van der Waals surface area contributed by atoms with Crippen LogP contribution in [0.1, 0.15) is 25.7 Å². The molecule has 1 fully saturated rings. The lowest BCUT2D eigenvalue weighted by molar-refractivity contribution is -0.140. The van der Waals surface area contributed by atoms with Gasteiger partial charge in [-0.15, -0.1) is 0 Å². The van der Waals surface area contributed by atoms with Crippen molar-refractivity contribution in [3.63, 3.8) is 0 Å². The van der Waals surface area contributed by atoms with Crippen LogP contribution in [-0.4, -0.2) is 52.4 Å². The Morgan fingerprint density at radius 3 is 2.59 bits per heavy atom. The Kier molecular flexibility index (Phi) is 6.26. The summed E-state index contributed by atoms with van der Waals surface area (Å²) in [7, 11) is -1.18. The molecule has 9 heteroatoms. The van der Waals surface area contributed by atoms with E-state index in [1.807, 2.05) is 0 Å². The minimum Gasteiger partial charge on any atom is -0.497 e. The molecule has 1 aliphatic carbocycles. The normalized spacial score (nSPS) is 16.6.